The zero-order valence-corrected chi connectivity index (χ0v) is 14.7. The van der Waals surface area contributed by atoms with Crippen LogP contribution in [0.3, 0.4) is 0 Å². The molecule has 24 heavy (non-hydrogen) atoms. The Kier molecular flexibility index (Phi) is 5.00. The maximum absolute atomic E-state index is 12.3. The standard InChI is InChI=1S/C18H21ClN4O/c1-12-9-13(2)22-17(21-12)11-20-18(24)14-5-6-16(15(19)10-14)23-7-3-4-8-23/h5-6,9-10H,3-4,7-8,11H2,1-2H3,(H,20,24). The average Bonchev–Trinajstić information content (AvgIpc) is 3.05. The van der Waals surface area contributed by atoms with E-state index in [0.717, 1.165) is 30.2 Å². The van der Waals surface area contributed by atoms with Gasteiger partial charge < -0.3 is 10.2 Å². The first-order chi connectivity index (χ1) is 11.5. The first-order valence-electron chi connectivity index (χ1n) is 8.17. The Morgan fingerprint density at radius 2 is 1.83 bits per heavy atom. The predicted molar refractivity (Wildman–Crippen MR) is 95.6 cm³/mol. The van der Waals surface area contributed by atoms with Gasteiger partial charge in [-0.1, -0.05) is 11.6 Å². The minimum absolute atomic E-state index is 0.173. The van der Waals surface area contributed by atoms with Gasteiger partial charge in [-0.05, 0) is 51.0 Å². The van der Waals surface area contributed by atoms with E-state index in [1.54, 1.807) is 6.07 Å². The van der Waals surface area contributed by atoms with Crippen molar-refractivity contribution in [1.82, 2.24) is 15.3 Å². The number of anilines is 1. The summed E-state index contributed by atoms with van der Waals surface area (Å²) in [6, 6.07) is 7.38. The lowest BCUT2D eigenvalue weighted by Gasteiger charge is -2.19. The Morgan fingerprint density at radius 1 is 1.17 bits per heavy atom. The van der Waals surface area contributed by atoms with E-state index in [0.29, 0.717) is 23.0 Å². The molecule has 1 N–H and O–H groups in total. The number of nitrogens with zero attached hydrogens (tertiary/aromatic N) is 3. The average molecular weight is 345 g/mol. The van der Waals surface area contributed by atoms with Crippen LogP contribution in [0, 0.1) is 13.8 Å². The third kappa shape index (κ3) is 3.85. The van der Waals surface area contributed by atoms with Gasteiger partial charge in [0.2, 0.25) is 0 Å². The molecule has 0 aliphatic carbocycles. The zero-order chi connectivity index (χ0) is 17.1. The number of hydrogen-bond donors (Lipinski definition) is 1. The molecule has 0 unspecified atom stereocenters. The Balaban J connectivity index is 1.67. The molecule has 5 nitrogen and oxygen atoms in total. The van der Waals surface area contributed by atoms with Crippen molar-refractivity contribution in [2.75, 3.05) is 18.0 Å². The molecule has 1 aliphatic rings. The summed E-state index contributed by atoms with van der Waals surface area (Å²) in [6.07, 6.45) is 2.38. The third-order valence-electron chi connectivity index (χ3n) is 4.09. The lowest BCUT2D eigenvalue weighted by molar-refractivity contribution is 0.0950. The van der Waals surface area contributed by atoms with Gasteiger partial charge >= 0.3 is 0 Å². The number of benzene rings is 1. The quantitative estimate of drug-likeness (QED) is 0.924. The SMILES string of the molecule is Cc1cc(C)nc(CNC(=O)c2ccc(N3CCCC3)c(Cl)c2)n1. The molecule has 0 saturated carbocycles. The van der Waals surface area contributed by atoms with Gasteiger partial charge in [0.25, 0.3) is 5.91 Å². The van der Waals surface area contributed by atoms with E-state index in [9.17, 15) is 4.79 Å². The number of aryl methyl sites for hydroxylation is 2. The highest BCUT2D eigenvalue weighted by Crippen LogP contribution is 2.29. The topological polar surface area (TPSA) is 58.1 Å². The fourth-order valence-corrected chi connectivity index (χ4v) is 3.30. The molecule has 6 heteroatoms. The molecule has 1 saturated heterocycles. The number of amides is 1. The normalized spacial score (nSPS) is 14.0. The van der Waals surface area contributed by atoms with Gasteiger partial charge in [-0.15, -0.1) is 0 Å². The predicted octanol–water partition coefficient (Wildman–Crippen LogP) is 3.28. The lowest BCUT2D eigenvalue weighted by atomic mass is 10.2. The van der Waals surface area contributed by atoms with Crippen LogP contribution in [-0.4, -0.2) is 29.0 Å². The van der Waals surface area contributed by atoms with Crippen LogP contribution in [0.25, 0.3) is 0 Å². The van der Waals surface area contributed by atoms with Gasteiger partial charge in [0.15, 0.2) is 0 Å². The van der Waals surface area contributed by atoms with Crippen LogP contribution >= 0.6 is 11.6 Å². The summed E-state index contributed by atoms with van der Waals surface area (Å²) in [6.45, 7) is 6.17. The summed E-state index contributed by atoms with van der Waals surface area (Å²) in [5.41, 5.74) is 3.34. The first-order valence-corrected chi connectivity index (χ1v) is 8.54. The van der Waals surface area contributed by atoms with Crippen molar-refractivity contribution in [3.63, 3.8) is 0 Å². The second kappa shape index (κ2) is 7.18. The highest BCUT2D eigenvalue weighted by Gasteiger charge is 2.16. The number of rotatable bonds is 4. The van der Waals surface area contributed by atoms with Gasteiger partial charge in [0, 0.05) is 30.0 Å². The molecule has 1 aliphatic heterocycles. The molecule has 1 fully saturated rings. The fourth-order valence-electron chi connectivity index (χ4n) is 3.00. The van der Waals surface area contributed by atoms with Gasteiger partial charge in [-0.3, -0.25) is 4.79 Å². The van der Waals surface area contributed by atoms with Crippen molar-refractivity contribution in [2.24, 2.45) is 0 Å². The molecular formula is C18H21ClN4O. The van der Waals surface area contributed by atoms with Crippen LogP contribution < -0.4 is 10.2 Å². The van der Waals surface area contributed by atoms with Crippen LogP contribution in [0.15, 0.2) is 24.3 Å². The number of aromatic nitrogens is 2. The van der Waals surface area contributed by atoms with Crippen LogP contribution in [0.5, 0.6) is 0 Å². The van der Waals surface area contributed by atoms with E-state index < -0.39 is 0 Å². The van der Waals surface area contributed by atoms with Crippen molar-refractivity contribution in [1.29, 1.82) is 0 Å². The van der Waals surface area contributed by atoms with E-state index in [1.807, 2.05) is 32.0 Å². The zero-order valence-electron chi connectivity index (χ0n) is 14.0. The Labute approximate surface area is 147 Å². The molecule has 1 amide bonds. The van der Waals surface area contributed by atoms with Crippen LogP contribution in [-0.2, 0) is 6.54 Å². The Morgan fingerprint density at radius 3 is 2.46 bits per heavy atom. The summed E-state index contributed by atoms with van der Waals surface area (Å²) >= 11 is 6.37. The Hall–Kier alpha value is -2.14. The second-order valence-corrected chi connectivity index (χ2v) is 6.52. The van der Waals surface area contributed by atoms with Crippen molar-refractivity contribution in [2.45, 2.75) is 33.2 Å². The number of carbonyl (C=O) groups excluding carboxylic acids is 1. The molecule has 0 bridgehead atoms. The molecule has 0 spiro atoms. The molecule has 2 heterocycles. The van der Waals surface area contributed by atoms with E-state index >= 15 is 0 Å². The minimum atomic E-state index is -0.173. The van der Waals surface area contributed by atoms with Crippen molar-refractivity contribution >= 4 is 23.2 Å². The molecule has 3 rings (SSSR count). The molecule has 126 valence electrons. The van der Waals surface area contributed by atoms with Crippen LogP contribution in [0.4, 0.5) is 5.69 Å². The summed E-state index contributed by atoms with van der Waals surface area (Å²) in [5, 5.41) is 3.47. The summed E-state index contributed by atoms with van der Waals surface area (Å²) in [4.78, 5) is 23.2. The highest BCUT2D eigenvalue weighted by molar-refractivity contribution is 6.33. The number of nitrogens with one attached hydrogen (secondary N) is 1. The van der Waals surface area contributed by atoms with Gasteiger partial charge in [0.1, 0.15) is 5.82 Å². The summed E-state index contributed by atoms with van der Waals surface area (Å²) < 4.78 is 0. The van der Waals surface area contributed by atoms with Crippen molar-refractivity contribution in [3.8, 4) is 0 Å². The third-order valence-corrected chi connectivity index (χ3v) is 4.40. The monoisotopic (exact) mass is 344 g/mol. The number of halogens is 1. The minimum Gasteiger partial charge on any atom is -0.370 e. The molecule has 2 aromatic rings. The molecule has 1 aromatic heterocycles. The second-order valence-electron chi connectivity index (χ2n) is 6.11. The van der Waals surface area contributed by atoms with E-state index in [2.05, 4.69) is 20.2 Å². The van der Waals surface area contributed by atoms with Crippen molar-refractivity contribution < 1.29 is 4.79 Å². The molecule has 0 atom stereocenters. The maximum Gasteiger partial charge on any atom is 0.251 e. The molecule has 1 aromatic carbocycles. The number of carbonyl (C=O) groups is 1. The highest BCUT2D eigenvalue weighted by atomic mass is 35.5. The number of hydrogen-bond acceptors (Lipinski definition) is 4. The van der Waals surface area contributed by atoms with Crippen LogP contribution in [0.2, 0.25) is 5.02 Å². The first kappa shape index (κ1) is 16.7. The van der Waals surface area contributed by atoms with Gasteiger partial charge in [0.05, 0.1) is 17.3 Å². The summed E-state index contributed by atoms with van der Waals surface area (Å²) in [5.74, 6) is 0.438. The summed E-state index contributed by atoms with van der Waals surface area (Å²) in [7, 11) is 0. The van der Waals surface area contributed by atoms with E-state index in [1.165, 1.54) is 12.8 Å². The lowest BCUT2D eigenvalue weighted by Crippen LogP contribution is -2.24. The maximum atomic E-state index is 12.3. The smallest absolute Gasteiger partial charge is 0.251 e. The van der Waals surface area contributed by atoms with E-state index in [-0.39, 0.29) is 5.91 Å². The Bertz CT molecular complexity index is 736. The van der Waals surface area contributed by atoms with Crippen molar-refractivity contribution in [3.05, 3.63) is 52.1 Å². The van der Waals surface area contributed by atoms with Crippen LogP contribution in [0.1, 0.15) is 40.4 Å². The van der Waals surface area contributed by atoms with E-state index in [4.69, 9.17) is 11.6 Å². The molecular weight excluding hydrogens is 324 g/mol. The van der Waals surface area contributed by atoms with Gasteiger partial charge in [-0.25, -0.2) is 9.97 Å². The largest absolute Gasteiger partial charge is 0.370 e. The van der Waals surface area contributed by atoms with Gasteiger partial charge in [-0.2, -0.15) is 0 Å². The fraction of sp³-hybridized carbons (Fsp3) is 0.389. The molecule has 0 radical (unpaired) electrons.